The number of hydrogen-bond donors (Lipinski definition) is 2. The lowest BCUT2D eigenvalue weighted by Gasteiger charge is -2.15. The number of aromatic amines is 1. The molecule has 0 radical (unpaired) electrons. The minimum absolute atomic E-state index is 0.255. The van der Waals surface area contributed by atoms with E-state index in [2.05, 4.69) is 26.6 Å². The van der Waals surface area contributed by atoms with E-state index in [-0.39, 0.29) is 11.5 Å². The number of H-pyrrole nitrogens is 1. The smallest absolute Gasteiger partial charge is 0.267 e. The molecule has 4 aromatic rings. The number of nitrogens with one attached hydrogen (secondary N) is 2. The number of benzene rings is 1. The van der Waals surface area contributed by atoms with Crippen LogP contribution in [0.2, 0.25) is 0 Å². The van der Waals surface area contributed by atoms with Crippen molar-refractivity contribution in [2.24, 2.45) is 0 Å². The highest BCUT2D eigenvalue weighted by Gasteiger charge is 2.18. The van der Waals surface area contributed by atoms with Crippen molar-refractivity contribution >= 4 is 16.8 Å². The maximum atomic E-state index is 12.7. The standard InChI is InChI=1S/C22H24N6O2/c1-14-12-15(2)27(25-14)20-8-9-21(29)28(26-20)16(3)22(30)23-11-10-17-13-24-19-7-5-4-6-18(17)19/h4-9,12-13,16,24H,10-11H2,1-3H3,(H,23,30). The lowest BCUT2D eigenvalue weighted by Crippen LogP contribution is -2.38. The highest BCUT2D eigenvalue weighted by molar-refractivity contribution is 5.83. The molecule has 3 aromatic heterocycles. The lowest BCUT2D eigenvalue weighted by molar-refractivity contribution is -0.124. The third-order valence-corrected chi connectivity index (χ3v) is 5.15. The zero-order valence-corrected chi connectivity index (χ0v) is 17.2. The van der Waals surface area contributed by atoms with Gasteiger partial charge in [-0.15, -0.1) is 5.10 Å². The van der Waals surface area contributed by atoms with Gasteiger partial charge in [0.05, 0.1) is 5.69 Å². The molecule has 0 fully saturated rings. The first-order chi connectivity index (χ1) is 14.4. The van der Waals surface area contributed by atoms with Crippen LogP contribution in [-0.2, 0) is 11.2 Å². The Labute approximate surface area is 173 Å². The third-order valence-electron chi connectivity index (χ3n) is 5.15. The van der Waals surface area contributed by atoms with Crippen molar-refractivity contribution in [2.45, 2.75) is 33.2 Å². The number of carbonyl (C=O) groups excluding carboxylic acids is 1. The molecule has 8 nitrogen and oxygen atoms in total. The van der Waals surface area contributed by atoms with Crippen LogP contribution in [0.15, 0.2) is 53.5 Å². The number of carbonyl (C=O) groups is 1. The fraction of sp³-hybridized carbons (Fsp3) is 0.273. The summed E-state index contributed by atoms with van der Waals surface area (Å²) in [5.74, 6) is 0.244. The van der Waals surface area contributed by atoms with Crippen molar-refractivity contribution in [1.82, 2.24) is 29.9 Å². The Balaban J connectivity index is 1.46. The summed E-state index contributed by atoms with van der Waals surface area (Å²) in [4.78, 5) is 28.2. The number of aryl methyl sites for hydroxylation is 2. The Morgan fingerprint density at radius 2 is 1.97 bits per heavy atom. The van der Waals surface area contributed by atoms with E-state index in [1.165, 1.54) is 10.7 Å². The van der Waals surface area contributed by atoms with Gasteiger partial charge in [0.25, 0.3) is 5.56 Å². The molecule has 0 aliphatic heterocycles. The van der Waals surface area contributed by atoms with E-state index in [1.54, 1.807) is 17.7 Å². The zero-order chi connectivity index (χ0) is 21.3. The molecule has 0 bridgehead atoms. The van der Waals surface area contributed by atoms with Gasteiger partial charge in [0.15, 0.2) is 5.82 Å². The molecule has 2 N–H and O–H groups in total. The van der Waals surface area contributed by atoms with Crippen molar-refractivity contribution in [3.8, 4) is 5.82 Å². The molecule has 1 aromatic carbocycles. The zero-order valence-electron chi connectivity index (χ0n) is 17.2. The van der Waals surface area contributed by atoms with Crippen molar-refractivity contribution in [3.63, 3.8) is 0 Å². The highest BCUT2D eigenvalue weighted by Crippen LogP contribution is 2.17. The fourth-order valence-corrected chi connectivity index (χ4v) is 3.58. The van der Waals surface area contributed by atoms with Gasteiger partial charge in [-0.25, -0.2) is 9.36 Å². The second kappa shape index (κ2) is 7.98. The van der Waals surface area contributed by atoms with E-state index in [0.717, 1.165) is 27.9 Å². The molecule has 1 amide bonds. The summed E-state index contributed by atoms with van der Waals surface area (Å²) >= 11 is 0. The molecule has 3 heterocycles. The van der Waals surface area contributed by atoms with Crippen LogP contribution in [0.3, 0.4) is 0 Å². The predicted octanol–water partition coefficient (Wildman–Crippen LogP) is 2.45. The van der Waals surface area contributed by atoms with Crippen molar-refractivity contribution in [2.75, 3.05) is 6.54 Å². The van der Waals surface area contributed by atoms with Crippen LogP contribution in [-0.4, -0.2) is 37.0 Å². The van der Waals surface area contributed by atoms with Crippen LogP contribution >= 0.6 is 0 Å². The molecule has 1 atom stereocenters. The SMILES string of the molecule is Cc1cc(C)n(-c2ccc(=O)n(C(C)C(=O)NCCc3c[nH]c4ccccc34)n2)n1. The summed E-state index contributed by atoms with van der Waals surface area (Å²) < 4.78 is 2.86. The Hall–Kier alpha value is -3.68. The first-order valence-electron chi connectivity index (χ1n) is 9.90. The summed E-state index contributed by atoms with van der Waals surface area (Å²) in [5.41, 5.74) is 3.64. The van der Waals surface area contributed by atoms with Crippen molar-refractivity contribution in [3.05, 3.63) is 76.0 Å². The fourth-order valence-electron chi connectivity index (χ4n) is 3.58. The van der Waals surface area contributed by atoms with Crippen LogP contribution in [0, 0.1) is 13.8 Å². The van der Waals surface area contributed by atoms with Crippen LogP contribution in [0.1, 0.15) is 29.9 Å². The van der Waals surface area contributed by atoms with Gasteiger partial charge in [-0.2, -0.15) is 5.10 Å². The Morgan fingerprint density at radius 3 is 2.73 bits per heavy atom. The second-order valence-electron chi connectivity index (χ2n) is 7.39. The molecule has 154 valence electrons. The normalized spacial score (nSPS) is 12.2. The van der Waals surface area contributed by atoms with Gasteiger partial charge in [-0.05, 0) is 51.0 Å². The van der Waals surface area contributed by atoms with E-state index in [9.17, 15) is 9.59 Å². The number of nitrogens with zero attached hydrogens (tertiary/aromatic N) is 4. The Bertz CT molecular complexity index is 1270. The van der Waals surface area contributed by atoms with Gasteiger partial charge in [0, 0.05) is 35.4 Å². The van der Waals surface area contributed by atoms with E-state index in [4.69, 9.17) is 0 Å². The first kappa shape index (κ1) is 19.6. The monoisotopic (exact) mass is 404 g/mol. The molecule has 1 unspecified atom stereocenters. The molecule has 0 saturated heterocycles. The summed E-state index contributed by atoms with van der Waals surface area (Å²) in [6, 6.07) is 12.3. The third kappa shape index (κ3) is 3.76. The Kier molecular flexibility index (Phi) is 5.22. The van der Waals surface area contributed by atoms with Crippen LogP contribution in [0.25, 0.3) is 16.7 Å². The number of hydrogen-bond acceptors (Lipinski definition) is 4. The number of rotatable bonds is 6. The summed E-state index contributed by atoms with van der Waals surface area (Å²) in [5, 5.41) is 12.8. The van der Waals surface area contributed by atoms with Gasteiger partial charge >= 0.3 is 0 Å². The predicted molar refractivity (Wildman–Crippen MR) is 115 cm³/mol. The molecule has 0 aliphatic rings. The molecule has 4 rings (SSSR count). The molecule has 0 aliphatic carbocycles. The van der Waals surface area contributed by atoms with Crippen molar-refractivity contribution in [1.29, 1.82) is 0 Å². The van der Waals surface area contributed by atoms with Crippen LogP contribution < -0.4 is 10.9 Å². The topological polar surface area (TPSA) is 97.6 Å². The summed E-state index contributed by atoms with van der Waals surface area (Å²) in [6.45, 7) is 5.94. The molecule has 8 heteroatoms. The quantitative estimate of drug-likeness (QED) is 0.516. The van der Waals surface area contributed by atoms with Gasteiger partial charge < -0.3 is 10.3 Å². The maximum absolute atomic E-state index is 12.7. The summed E-state index contributed by atoms with van der Waals surface area (Å²) in [6.07, 6.45) is 2.65. The van der Waals surface area contributed by atoms with Gasteiger partial charge in [-0.1, -0.05) is 18.2 Å². The van der Waals surface area contributed by atoms with Crippen molar-refractivity contribution < 1.29 is 4.79 Å². The Morgan fingerprint density at radius 1 is 1.17 bits per heavy atom. The minimum Gasteiger partial charge on any atom is -0.361 e. The summed E-state index contributed by atoms with van der Waals surface area (Å²) in [7, 11) is 0. The minimum atomic E-state index is -0.739. The average Bonchev–Trinajstić information content (AvgIpc) is 3.30. The number of aromatic nitrogens is 5. The lowest BCUT2D eigenvalue weighted by atomic mass is 10.1. The van der Waals surface area contributed by atoms with Crippen LogP contribution in [0.5, 0.6) is 0 Å². The number of para-hydroxylation sites is 1. The van der Waals surface area contributed by atoms with Gasteiger partial charge in [0.2, 0.25) is 5.91 Å². The molecular weight excluding hydrogens is 380 g/mol. The second-order valence-corrected chi connectivity index (χ2v) is 7.39. The molecule has 0 spiro atoms. The van der Waals surface area contributed by atoms with Gasteiger partial charge in [0.1, 0.15) is 6.04 Å². The van der Waals surface area contributed by atoms with E-state index < -0.39 is 6.04 Å². The molecule has 0 saturated carbocycles. The first-order valence-corrected chi connectivity index (χ1v) is 9.90. The van der Waals surface area contributed by atoms with E-state index in [0.29, 0.717) is 18.8 Å². The molecule has 30 heavy (non-hydrogen) atoms. The van der Waals surface area contributed by atoms with Gasteiger partial charge in [-0.3, -0.25) is 9.59 Å². The largest absolute Gasteiger partial charge is 0.361 e. The average molecular weight is 404 g/mol. The van der Waals surface area contributed by atoms with E-state index >= 15 is 0 Å². The maximum Gasteiger partial charge on any atom is 0.267 e. The number of fused-ring (bicyclic) bond motifs is 1. The molecular formula is C22H24N6O2. The van der Waals surface area contributed by atoms with E-state index in [1.807, 2.05) is 44.3 Å². The highest BCUT2D eigenvalue weighted by atomic mass is 16.2. The number of amides is 1. The van der Waals surface area contributed by atoms with Crippen LogP contribution in [0.4, 0.5) is 0 Å².